The second kappa shape index (κ2) is 6.06. The molecule has 0 fully saturated rings. The van der Waals surface area contributed by atoms with Crippen LogP contribution in [0.1, 0.15) is 32.3 Å². The molecule has 0 bridgehead atoms. The lowest BCUT2D eigenvalue weighted by Gasteiger charge is -2.19. The molecule has 0 atom stereocenters. The molecule has 1 aromatic heterocycles. The molecule has 0 aromatic carbocycles. The molecular formula is C11H19NO3S. The highest BCUT2D eigenvalue weighted by molar-refractivity contribution is 7.89. The zero-order valence-corrected chi connectivity index (χ0v) is 10.7. The Hall–Kier alpha value is -0.810. The summed E-state index contributed by atoms with van der Waals surface area (Å²) in [7, 11) is -3.12. The van der Waals surface area contributed by atoms with Crippen LogP contribution < -0.4 is 0 Å². The minimum absolute atomic E-state index is 0.231. The van der Waals surface area contributed by atoms with Crippen molar-refractivity contribution in [2.45, 2.75) is 33.2 Å². The van der Waals surface area contributed by atoms with Crippen molar-refractivity contribution >= 4 is 10.0 Å². The van der Waals surface area contributed by atoms with E-state index in [1.165, 1.54) is 4.31 Å². The zero-order valence-electron chi connectivity index (χ0n) is 9.85. The Balaban J connectivity index is 2.66. The first-order chi connectivity index (χ1) is 7.60. The molecule has 0 saturated heterocycles. The van der Waals surface area contributed by atoms with Gasteiger partial charge in [0.25, 0.3) is 0 Å². The van der Waals surface area contributed by atoms with Crippen LogP contribution in [0.4, 0.5) is 0 Å². The minimum Gasteiger partial charge on any atom is -0.472 e. The highest BCUT2D eigenvalue weighted by Crippen LogP contribution is 2.11. The van der Waals surface area contributed by atoms with Crippen molar-refractivity contribution < 1.29 is 12.8 Å². The molecule has 0 aliphatic carbocycles. The molecule has 0 aliphatic heterocycles. The molecule has 1 heterocycles. The maximum absolute atomic E-state index is 11.9. The molecule has 0 spiro atoms. The van der Waals surface area contributed by atoms with E-state index in [1.807, 2.05) is 13.8 Å². The van der Waals surface area contributed by atoms with E-state index in [9.17, 15) is 8.42 Å². The summed E-state index contributed by atoms with van der Waals surface area (Å²) in [4.78, 5) is 0. The van der Waals surface area contributed by atoms with Gasteiger partial charge in [-0.05, 0) is 12.5 Å². The van der Waals surface area contributed by atoms with Crippen LogP contribution in [-0.2, 0) is 16.6 Å². The number of sulfonamides is 1. The van der Waals surface area contributed by atoms with Gasteiger partial charge in [-0.3, -0.25) is 0 Å². The lowest BCUT2D eigenvalue weighted by molar-refractivity contribution is 0.420. The van der Waals surface area contributed by atoms with Crippen LogP contribution in [0.2, 0.25) is 0 Å². The molecule has 0 saturated carbocycles. The zero-order chi connectivity index (χ0) is 12.0. The molecule has 0 radical (unpaired) electrons. The van der Waals surface area contributed by atoms with Gasteiger partial charge in [0.2, 0.25) is 10.0 Å². The van der Waals surface area contributed by atoms with Crippen LogP contribution in [-0.4, -0.2) is 25.0 Å². The quantitative estimate of drug-likeness (QED) is 0.740. The fourth-order valence-electron chi connectivity index (χ4n) is 1.45. The Morgan fingerprint density at radius 2 is 2.12 bits per heavy atom. The fourth-order valence-corrected chi connectivity index (χ4v) is 3.10. The second-order valence-electron chi connectivity index (χ2n) is 3.73. The molecular weight excluding hydrogens is 226 g/mol. The minimum atomic E-state index is -3.12. The highest BCUT2D eigenvalue weighted by Gasteiger charge is 2.20. The SMILES string of the molecule is CCCCS(=O)(=O)N(CC)Cc1ccoc1. The first-order valence-corrected chi connectivity index (χ1v) is 7.20. The molecule has 0 amide bonds. The van der Waals surface area contributed by atoms with Crippen LogP contribution in [0.15, 0.2) is 23.0 Å². The molecule has 4 nitrogen and oxygen atoms in total. The van der Waals surface area contributed by atoms with E-state index in [2.05, 4.69) is 0 Å². The number of rotatable bonds is 7. The average Bonchev–Trinajstić information content (AvgIpc) is 2.75. The van der Waals surface area contributed by atoms with Gasteiger partial charge in [0, 0.05) is 18.7 Å². The molecule has 92 valence electrons. The predicted molar refractivity (Wildman–Crippen MR) is 63.5 cm³/mol. The Morgan fingerprint density at radius 1 is 1.38 bits per heavy atom. The summed E-state index contributed by atoms with van der Waals surface area (Å²) in [6.07, 6.45) is 4.74. The normalized spacial score (nSPS) is 12.2. The summed E-state index contributed by atoms with van der Waals surface area (Å²) in [5, 5.41) is 0. The van der Waals surface area contributed by atoms with Crippen LogP contribution >= 0.6 is 0 Å². The van der Waals surface area contributed by atoms with Gasteiger partial charge in [-0.25, -0.2) is 8.42 Å². The van der Waals surface area contributed by atoms with Gasteiger partial charge in [0.05, 0.1) is 18.3 Å². The van der Waals surface area contributed by atoms with E-state index in [0.29, 0.717) is 19.5 Å². The summed E-state index contributed by atoms with van der Waals surface area (Å²) in [6, 6.07) is 1.79. The highest BCUT2D eigenvalue weighted by atomic mass is 32.2. The average molecular weight is 245 g/mol. The fraction of sp³-hybridized carbons (Fsp3) is 0.636. The topological polar surface area (TPSA) is 50.5 Å². The monoisotopic (exact) mass is 245 g/mol. The van der Waals surface area contributed by atoms with E-state index in [1.54, 1.807) is 18.6 Å². The predicted octanol–water partition coefficient (Wildman–Crippen LogP) is 2.23. The Kier molecular flexibility index (Phi) is 5.02. The van der Waals surface area contributed by atoms with E-state index in [-0.39, 0.29) is 5.75 Å². The molecule has 16 heavy (non-hydrogen) atoms. The number of hydrogen-bond acceptors (Lipinski definition) is 3. The number of nitrogens with zero attached hydrogens (tertiary/aromatic N) is 1. The second-order valence-corrected chi connectivity index (χ2v) is 5.82. The summed E-state index contributed by atoms with van der Waals surface area (Å²) in [6.45, 7) is 4.74. The van der Waals surface area contributed by atoms with Gasteiger partial charge in [0.1, 0.15) is 0 Å². The lowest BCUT2D eigenvalue weighted by atomic mass is 10.3. The van der Waals surface area contributed by atoms with E-state index in [0.717, 1.165) is 12.0 Å². The van der Waals surface area contributed by atoms with Crippen molar-refractivity contribution in [2.24, 2.45) is 0 Å². The van der Waals surface area contributed by atoms with Crippen molar-refractivity contribution in [2.75, 3.05) is 12.3 Å². The maximum atomic E-state index is 11.9. The summed E-state index contributed by atoms with van der Waals surface area (Å²) in [5.41, 5.74) is 0.891. The Labute approximate surface area is 97.3 Å². The molecule has 0 aliphatic rings. The molecule has 0 N–H and O–H groups in total. The summed E-state index contributed by atoms with van der Waals surface area (Å²) in [5.74, 6) is 0.231. The van der Waals surface area contributed by atoms with Crippen molar-refractivity contribution in [1.82, 2.24) is 4.31 Å². The van der Waals surface area contributed by atoms with E-state index >= 15 is 0 Å². The summed E-state index contributed by atoms with van der Waals surface area (Å²) >= 11 is 0. The van der Waals surface area contributed by atoms with Gasteiger partial charge < -0.3 is 4.42 Å². The number of unbranched alkanes of at least 4 members (excludes halogenated alkanes) is 1. The van der Waals surface area contributed by atoms with Crippen molar-refractivity contribution in [1.29, 1.82) is 0 Å². The van der Waals surface area contributed by atoms with Gasteiger partial charge in [-0.15, -0.1) is 0 Å². The largest absolute Gasteiger partial charge is 0.472 e. The Bertz CT molecular complexity index is 383. The first-order valence-electron chi connectivity index (χ1n) is 5.59. The smallest absolute Gasteiger partial charge is 0.214 e. The number of hydrogen-bond donors (Lipinski definition) is 0. The van der Waals surface area contributed by atoms with Crippen LogP contribution in [0, 0.1) is 0 Å². The lowest BCUT2D eigenvalue weighted by Crippen LogP contribution is -2.32. The van der Waals surface area contributed by atoms with Crippen LogP contribution in [0.3, 0.4) is 0 Å². The van der Waals surface area contributed by atoms with Gasteiger partial charge >= 0.3 is 0 Å². The van der Waals surface area contributed by atoms with Crippen molar-refractivity contribution in [3.05, 3.63) is 24.2 Å². The third-order valence-corrected chi connectivity index (χ3v) is 4.42. The molecule has 0 unspecified atom stereocenters. The van der Waals surface area contributed by atoms with Crippen LogP contribution in [0.25, 0.3) is 0 Å². The van der Waals surface area contributed by atoms with E-state index in [4.69, 9.17) is 4.42 Å². The first kappa shape index (κ1) is 13.3. The Morgan fingerprint density at radius 3 is 2.62 bits per heavy atom. The molecule has 1 rings (SSSR count). The third-order valence-electron chi connectivity index (χ3n) is 2.44. The van der Waals surface area contributed by atoms with Crippen molar-refractivity contribution in [3.63, 3.8) is 0 Å². The third kappa shape index (κ3) is 3.64. The van der Waals surface area contributed by atoms with Gasteiger partial charge in [-0.1, -0.05) is 20.3 Å². The summed E-state index contributed by atoms with van der Waals surface area (Å²) < 4.78 is 30.3. The standard InChI is InChI=1S/C11H19NO3S/c1-3-5-8-16(13,14)12(4-2)9-11-6-7-15-10-11/h6-7,10H,3-5,8-9H2,1-2H3. The maximum Gasteiger partial charge on any atom is 0.214 e. The van der Waals surface area contributed by atoms with E-state index < -0.39 is 10.0 Å². The van der Waals surface area contributed by atoms with Crippen LogP contribution in [0.5, 0.6) is 0 Å². The van der Waals surface area contributed by atoms with Gasteiger partial charge in [-0.2, -0.15) is 4.31 Å². The number of furan rings is 1. The van der Waals surface area contributed by atoms with Crippen molar-refractivity contribution in [3.8, 4) is 0 Å². The molecule has 5 heteroatoms. The molecule has 1 aromatic rings. The van der Waals surface area contributed by atoms with Gasteiger partial charge in [0.15, 0.2) is 0 Å².